The SMILES string of the molecule is CCN(CCCO)c1ccnc(C(N)=S)c1. The van der Waals surface area contributed by atoms with E-state index in [1.807, 2.05) is 12.1 Å². The number of nitrogens with two attached hydrogens (primary N) is 1. The van der Waals surface area contributed by atoms with Crippen LogP contribution < -0.4 is 10.6 Å². The molecule has 0 saturated carbocycles. The van der Waals surface area contributed by atoms with Crippen LogP contribution in [-0.2, 0) is 0 Å². The van der Waals surface area contributed by atoms with Crippen LogP contribution in [0.3, 0.4) is 0 Å². The number of aliphatic hydroxyl groups is 1. The zero-order chi connectivity index (χ0) is 12.0. The first-order valence-electron chi connectivity index (χ1n) is 5.30. The Hall–Kier alpha value is -1.20. The van der Waals surface area contributed by atoms with E-state index in [-0.39, 0.29) is 6.61 Å². The van der Waals surface area contributed by atoms with Crippen molar-refractivity contribution in [1.82, 2.24) is 4.98 Å². The number of thiocarbonyl (C=S) groups is 1. The minimum absolute atomic E-state index is 0.198. The van der Waals surface area contributed by atoms with Crippen LogP contribution in [0.2, 0.25) is 0 Å². The zero-order valence-corrected chi connectivity index (χ0v) is 10.2. The van der Waals surface area contributed by atoms with Gasteiger partial charge in [-0.05, 0) is 25.5 Å². The van der Waals surface area contributed by atoms with Gasteiger partial charge >= 0.3 is 0 Å². The van der Waals surface area contributed by atoms with E-state index in [9.17, 15) is 0 Å². The lowest BCUT2D eigenvalue weighted by Crippen LogP contribution is -2.25. The molecule has 88 valence electrons. The predicted molar refractivity (Wildman–Crippen MR) is 69.7 cm³/mol. The van der Waals surface area contributed by atoms with E-state index in [1.54, 1.807) is 6.20 Å². The van der Waals surface area contributed by atoms with E-state index in [4.69, 9.17) is 23.1 Å². The summed E-state index contributed by atoms with van der Waals surface area (Å²) in [5.74, 6) is 0. The van der Waals surface area contributed by atoms with E-state index in [0.717, 1.165) is 25.2 Å². The first-order valence-corrected chi connectivity index (χ1v) is 5.71. The number of aliphatic hydroxyl groups excluding tert-OH is 1. The van der Waals surface area contributed by atoms with Gasteiger partial charge in [0.25, 0.3) is 0 Å². The van der Waals surface area contributed by atoms with E-state index in [1.165, 1.54) is 0 Å². The number of aromatic nitrogens is 1. The van der Waals surface area contributed by atoms with Crippen molar-refractivity contribution in [3.63, 3.8) is 0 Å². The molecule has 0 spiro atoms. The van der Waals surface area contributed by atoms with Crippen LogP contribution in [0.25, 0.3) is 0 Å². The van der Waals surface area contributed by atoms with E-state index in [2.05, 4.69) is 16.8 Å². The summed E-state index contributed by atoms with van der Waals surface area (Å²) in [7, 11) is 0. The summed E-state index contributed by atoms with van der Waals surface area (Å²) in [6.07, 6.45) is 2.45. The molecule has 0 radical (unpaired) electrons. The lowest BCUT2D eigenvalue weighted by Gasteiger charge is -2.22. The molecule has 0 unspecified atom stereocenters. The molecule has 1 rings (SSSR count). The van der Waals surface area contributed by atoms with Crippen molar-refractivity contribution in [2.75, 3.05) is 24.6 Å². The molecule has 0 bridgehead atoms. The van der Waals surface area contributed by atoms with Gasteiger partial charge in [-0.1, -0.05) is 12.2 Å². The van der Waals surface area contributed by atoms with Crippen molar-refractivity contribution in [3.05, 3.63) is 24.0 Å². The van der Waals surface area contributed by atoms with Crippen LogP contribution in [-0.4, -0.2) is 34.8 Å². The number of rotatable bonds is 6. The average molecular weight is 239 g/mol. The maximum Gasteiger partial charge on any atom is 0.122 e. The van der Waals surface area contributed by atoms with Crippen LogP contribution in [0.15, 0.2) is 18.3 Å². The Bertz CT molecular complexity index is 357. The Kier molecular flexibility index (Phi) is 5.14. The fraction of sp³-hybridized carbons (Fsp3) is 0.455. The summed E-state index contributed by atoms with van der Waals surface area (Å²) >= 11 is 4.89. The van der Waals surface area contributed by atoms with Gasteiger partial charge in [0.2, 0.25) is 0 Å². The lowest BCUT2D eigenvalue weighted by molar-refractivity contribution is 0.289. The van der Waals surface area contributed by atoms with Gasteiger partial charge in [0.15, 0.2) is 0 Å². The zero-order valence-electron chi connectivity index (χ0n) is 9.39. The summed E-state index contributed by atoms with van der Waals surface area (Å²) in [6.45, 7) is 3.95. The summed E-state index contributed by atoms with van der Waals surface area (Å²) in [4.78, 5) is 6.55. The van der Waals surface area contributed by atoms with Gasteiger partial charge < -0.3 is 15.7 Å². The van der Waals surface area contributed by atoms with E-state index >= 15 is 0 Å². The standard InChI is InChI=1S/C11H17N3OS/c1-2-14(6-3-7-15)9-4-5-13-10(8-9)11(12)16/h4-5,8,15H,2-3,6-7H2,1H3,(H2,12,16). The van der Waals surface area contributed by atoms with Gasteiger partial charge in [0.1, 0.15) is 4.99 Å². The van der Waals surface area contributed by atoms with Crippen molar-refractivity contribution in [2.24, 2.45) is 5.73 Å². The average Bonchev–Trinajstić information content (AvgIpc) is 2.30. The number of pyridine rings is 1. The summed E-state index contributed by atoms with van der Waals surface area (Å²) < 4.78 is 0. The number of anilines is 1. The Morgan fingerprint density at radius 3 is 2.94 bits per heavy atom. The molecule has 1 aromatic heterocycles. The quantitative estimate of drug-likeness (QED) is 0.723. The highest BCUT2D eigenvalue weighted by Gasteiger charge is 2.06. The minimum atomic E-state index is 0.198. The molecule has 1 aromatic rings. The van der Waals surface area contributed by atoms with Crippen molar-refractivity contribution in [1.29, 1.82) is 0 Å². The van der Waals surface area contributed by atoms with E-state index < -0.39 is 0 Å². The maximum atomic E-state index is 8.82. The van der Waals surface area contributed by atoms with Crippen LogP contribution >= 0.6 is 12.2 Å². The molecule has 0 aliphatic heterocycles. The molecule has 0 atom stereocenters. The van der Waals surface area contributed by atoms with Gasteiger partial charge in [0, 0.05) is 31.6 Å². The third-order valence-corrected chi connectivity index (χ3v) is 2.54. The van der Waals surface area contributed by atoms with E-state index in [0.29, 0.717) is 10.7 Å². The van der Waals surface area contributed by atoms with Crippen LogP contribution in [0, 0.1) is 0 Å². The minimum Gasteiger partial charge on any atom is -0.396 e. The van der Waals surface area contributed by atoms with Gasteiger partial charge in [-0.15, -0.1) is 0 Å². The fourth-order valence-corrected chi connectivity index (χ4v) is 1.59. The Morgan fingerprint density at radius 2 is 2.38 bits per heavy atom. The molecular formula is C11H17N3OS. The molecule has 0 aliphatic carbocycles. The molecule has 0 fully saturated rings. The first-order chi connectivity index (χ1) is 7.69. The van der Waals surface area contributed by atoms with Crippen LogP contribution in [0.5, 0.6) is 0 Å². The normalized spacial score (nSPS) is 10.1. The fourth-order valence-electron chi connectivity index (χ4n) is 1.48. The molecule has 1 heterocycles. The predicted octanol–water partition coefficient (Wildman–Crippen LogP) is 0.925. The largest absolute Gasteiger partial charge is 0.396 e. The summed E-state index contributed by atoms with van der Waals surface area (Å²) in [5, 5.41) is 8.82. The summed E-state index contributed by atoms with van der Waals surface area (Å²) in [6, 6.07) is 3.80. The van der Waals surface area contributed by atoms with Crippen molar-refractivity contribution in [2.45, 2.75) is 13.3 Å². The lowest BCUT2D eigenvalue weighted by atomic mass is 10.2. The third kappa shape index (κ3) is 3.43. The molecule has 16 heavy (non-hydrogen) atoms. The first kappa shape index (κ1) is 12.9. The number of hydrogen-bond donors (Lipinski definition) is 2. The molecule has 0 amide bonds. The number of hydrogen-bond acceptors (Lipinski definition) is 4. The van der Waals surface area contributed by atoms with Crippen LogP contribution in [0.1, 0.15) is 19.0 Å². The highest BCUT2D eigenvalue weighted by molar-refractivity contribution is 7.80. The van der Waals surface area contributed by atoms with Gasteiger partial charge in [-0.25, -0.2) is 0 Å². The number of nitrogens with zero attached hydrogens (tertiary/aromatic N) is 2. The molecule has 0 saturated heterocycles. The highest BCUT2D eigenvalue weighted by Crippen LogP contribution is 2.14. The van der Waals surface area contributed by atoms with Crippen molar-refractivity contribution < 1.29 is 5.11 Å². The highest BCUT2D eigenvalue weighted by atomic mass is 32.1. The topological polar surface area (TPSA) is 62.4 Å². The molecule has 0 aromatic carbocycles. The Labute approximate surface area is 101 Å². The van der Waals surface area contributed by atoms with Crippen LogP contribution in [0.4, 0.5) is 5.69 Å². The Balaban J connectivity index is 2.83. The second-order valence-electron chi connectivity index (χ2n) is 3.42. The van der Waals surface area contributed by atoms with Crippen molar-refractivity contribution >= 4 is 22.9 Å². The molecule has 4 nitrogen and oxygen atoms in total. The second kappa shape index (κ2) is 6.40. The molecule has 5 heteroatoms. The third-order valence-electron chi connectivity index (χ3n) is 2.33. The Morgan fingerprint density at radius 1 is 1.62 bits per heavy atom. The van der Waals surface area contributed by atoms with Gasteiger partial charge in [-0.2, -0.15) is 0 Å². The molecule has 3 N–H and O–H groups in total. The smallest absolute Gasteiger partial charge is 0.122 e. The van der Waals surface area contributed by atoms with Crippen molar-refractivity contribution in [3.8, 4) is 0 Å². The maximum absolute atomic E-state index is 8.82. The molecular weight excluding hydrogens is 222 g/mol. The monoisotopic (exact) mass is 239 g/mol. The summed E-state index contributed by atoms with van der Waals surface area (Å²) in [5.41, 5.74) is 7.20. The van der Waals surface area contributed by atoms with Gasteiger partial charge in [0.05, 0.1) is 5.69 Å². The second-order valence-corrected chi connectivity index (χ2v) is 3.86. The molecule has 0 aliphatic rings. The van der Waals surface area contributed by atoms with Gasteiger partial charge in [-0.3, -0.25) is 4.98 Å².